The number of hydrogen-bond donors (Lipinski definition) is 1. The van der Waals surface area contributed by atoms with Gasteiger partial charge in [-0.15, -0.1) is 0 Å². The monoisotopic (exact) mass is 254 g/mol. The number of nitrogens with zero attached hydrogens (tertiary/aromatic N) is 1. The molecule has 1 aromatic carbocycles. The summed E-state index contributed by atoms with van der Waals surface area (Å²) in [4.78, 5) is 13.6. The van der Waals surface area contributed by atoms with E-state index in [0.717, 1.165) is 6.07 Å². The van der Waals surface area contributed by atoms with Crippen molar-refractivity contribution >= 4 is 5.91 Å². The van der Waals surface area contributed by atoms with Crippen LogP contribution in [0.15, 0.2) is 18.2 Å². The molecule has 0 radical (unpaired) electrons. The van der Waals surface area contributed by atoms with Gasteiger partial charge in [-0.2, -0.15) is 0 Å². The van der Waals surface area contributed by atoms with Crippen LogP contribution in [-0.2, 0) is 11.3 Å². The van der Waals surface area contributed by atoms with Crippen molar-refractivity contribution in [3.8, 4) is 0 Å². The zero-order chi connectivity index (χ0) is 13.1. The molecule has 1 aromatic rings. The SMILES string of the molecule is CCC1NCCN(Cc2ccc(F)cc2F)C1=O. The van der Waals surface area contributed by atoms with Gasteiger partial charge >= 0.3 is 0 Å². The number of nitrogens with one attached hydrogen (secondary N) is 1. The lowest BCUT2D eigenvalue weighted by molar-refractivity contribution is -0.136. The molecule has 1 unspecified atom stereocenters. The first-order valence-electron chi connectivity index (χ1n) is 6.08. The van der Waals surface area contributed by atoms with Gasteiger partial charge in [0.15, 0.2) is 0 Å². The number of rotatable bonds is 3. The van der Waals surface area contributed by atoms with Gasteiger partial charge in [0.25, 0.3) is 0 Å². The van der Waals surface area contributed by atoms with Gasteiger partial charge in [-0.3, -0.25) is 4.79 Å². The molecule has 1 aliphatic heterocycles. The van der Waals surface area contributed by atoms with Crippen molar-refractivity contribution < 1.29 is 13.6 Å². The van der Waals surface area contributed by atoms with Crippen LogP contribution in [0.25, 0.3) is 0 Å². The Morgan fingerprint density at radius 1 is 1.44 bits per heavy atom. The molecule has 3 nitrogen and oxygen atoms in total. The van der Waals surface area contributed by atoms with Gasteiger partial charge < -0.3 is 10.2 Å². The summed E-state index contributed by atoms with van der Waals surface area (Å²) in [5.74, 6) is -1.23. The number of hydrogen-bond acceptors (Lipinski definition) is 2. The molecule has 1 fully saturated rings. The predicted octanol–water partition coefficient (Wildman–Crippen LogP) is 1.68. The zero-order valence-electron chi connectivity index (χ0n) is 10.2. The number of piperazine rings is 1. The van der Waals surface area contributed by atoms with Crippen molar-refractivity contribution in [1.29, 1.82) is 0 Å². The molecule has 98 valence electrons. The molecule has 1 saturated heterocycles. The first kappa shape index (κ1) is 13.0. The Morgan fingerprint density at radius 2 is 2.22 bits per heavy atom. The lowest BCUT2D eigenvalue weighted by Gasteiger charge is -2.32. The number of amides is 1. The topological polar surface area (TPSA) is 32.3 Å². The van der Waals surface area contributed by atoms with Crippen molar-refractivity contribution in [3.63, 3.8) is 0 Å². The van der Waals surface area contributed by atoms with E-state index in [1.165, 1.54) is 12.1 Å². The molecule has 2 rings (SSSR count). The Kier molecular flexibility index (Phi) is 3.91. The number of halogens is 2. The van der Waals surface area contributed by atoms with Crippen LogP contribution in [-0.4, -0.2) is 29.9 Å². The van der Waals surface area contributed by atoms with Gasteiger partial charge in [-0.1, -0.05) is 13.0 Å². The minimum atomic E-state index is -0.602. The normalized spacial score (nSPS) is 20.3. The fourth-order valence-corrected chi connectivity index (χ4v) is 2.12. The third kappa shape index (κ3) is 2.67. The summed E-state index contributed by atoms with van der Waals surface area (Å²) in [6.45, 7) is 3.37. The van der Waals surface area contributed by atoms with E-state index in [0.29, 0.717) is 25.1 Å². The van der Waals surface area contributed by atoms with Crippen LogP contribution < -0.4 is 5.32 Å². The molecule has 0 saturated carbocycles. The maximum absolute atomic E-state index is 13.5. The lowest BCUT2D eigenvalue weighted by Crippen LogP contribution is -2.54. The molecule has 0 aromatic heterocycles. The second kappa shape index (κ2) is 5.44. The van der Waals surface area contributed by atoms with E-state index in [1.807, 2.05) is 6.92 Å². The van der Waals surface area contributed by atoms with E-state index in [2.05, 4.69) is 5.32 Å². The van der Waals surface area contributed by atoms with E-state index < -0.39 is 11.6 Å². The molecule has 0 bridgehead atoms. The van der Waals surface area contributed by atoms with Gasteiger partial charge in [0.05, 0.1) is 6.04 Å². The Morgan fingerprint density at radius 3 is 2.89 bits per heavy atom. The maximum Gasteiger partial charge on any atom is 0.240 e. The highest BCUT2D eigenvalue weighted by molar-refractivity contribution is 5.82. The highest BCUT2D eigenvalue weighted by atomic mass is 19.1. The van der Waals surface area contributed by atoms with E-state index >= 15 is 0 Å². The zero-order valence-corrected chi connectivity index (χ0v) is 10.2. The predicted molar refractivity (Wildman–Crippen MR) is 63.9 cm³/mol. The summed E-state index contributed by atoms with van der Waals surface area (Å²) in [5.41, 5.74) is 0.349. The Bertz CT molecular complexity index is 451. The van der Waals surface area contributed by atoms with Gasteiger partial charge in [0, 0.05) is 31.3 Å². The molecule has 1 N–H and O–H groups in total. The molecule has 1 aliphatic rings. The lowest BCUT2D eigenvalue weighted by atomic mass is 10.1. The standard InChI is InChI=1S/C13H16F2N2O/c1-2-12-13(18)17(6-5-16-12)8-9-3-4-10(14)7-11(9)15/h3-4,7,12,16H,2,5-6,8H2,1H3. The average Bonchev–Trinajstić information content (AvgIpc) is 2.35. The first-order valence-corrected chi connectivity index (χ1v) is 6.08. The third-order valence-corrected chi connectivity index (χ3v) is 3.17. The Balaban J connectivity index is 2.10. The van der Waals surface area contributed by atoms with Crippen LogP contribution in [0.4, 0.5) is 8.78 Å². The summed E-state index contributed by atoms with van der Waals surface area (Å²) in [5, 5.41) is 3.11. The van der Waals surface area contributed by atoms with E-state index in [9.17, 15) is 13.6 Å². The van der Waals surface area contributed by atoms with Crippen LogP contribution in [0, 0.1) is 11.6 Å². The molecule has 0 spiro atoms. The van der Waals surface area contributed by atoms with Crippen molar-refractivity contribution in [1.82, 2.24) is 10.2 Å². The second-order valence-electron chi connectivity index (χ2n) is 4.41. The molecular formula is C13H16F2N2O. The van der Waals surface area contributed by atoms with E-state index in [-0.39, 0.29) is 18.5 Å². The summed E-state index contributed by atoms with van der Waals surface area (Å²) in [6, 6.07) is 3.25. The Labute approximate surface area is 105 Å². The molecule has 1 amide bonds. The summed E-state index contributed by atoms with van der Waals surface area (Å²) < 4.78 is 26.3. The minimum absolute atomic E-state index is 0.0209. The summed E-state index contributed by atoms with van der Waals surface area (Å²) in [7, 11) is 0. The van der Waals surface area contributed by atoms with Gasteiger partial charge in [0.1, 0.15) is 11.6 Å². The average molecular weight is 254 g/mol. The van der Waals surface area contributed by atoms with Crippen LogP contribution in [0.2, 0.25) is 0 Å². The largest absolute Gasteiger partial charge is 0.336 e. The van der Waals surface area contributed by atoms with Crippen LogP contribution >= 0.6 is 0 Å². The molecule has 5 heteroatoms. The van der Waals surface area contributed by atoms with Gasteiger partial charge in [0.2, 0.25) is 5.91 Å². The van der Waals surface area contributed by atoms with Crippen LogP contribution in [0.1, 0.15) is 18.9 Å². The van der Waals surface area contributed by atoms with Crippen molar-refractivity contribution in [3.05, 3.63) is 35.4 Å². The highest BCUT2D eigenvalue weighted by Crippen LogP contribution is 2.14. The highest BCUT2D eigenvalue weighted by Gasteiger charge is 2.27. The molecular weight excluding hydrogens is 238 g/mol. The third-order valence-electron chi connectivity index (χ3n) is 3.17. The van der Waals surface area contributed by atoms with Crippen molar-refractivity contribution in [2.75, 3.05) is 13.1 Å². The summed E-state index contributed by atoms with van der Waals surface area (Å²) in [6.07, 6.45) is 0.710. The first-order chi connectivity index (χ1) is 8.61. The number of benzene rings is 1. The van der Waals surface area contributed by atoms with Crippen molar-refractivity contribution in [2.45, 2.75) is 25.9 Å². The molecule has 18 heavy (non-hydrogen) atoms. The second-order valence-corrected chi connectivity index (χ2v) is 4.41. The maximum atomic E-state index is 13.5. The molecule has 0 aliphatic carbocycles. The molecule has 1 atom stereocenters. The number of carbonyl (C=O) groups is 1. The smallest absolute Gasteiger partial charge is 0.240 e. The summed E-state index contributed by atoms with van der Waals surface area (Å²) >= 11 is 0. The van der Waals surface area contributed by atoms with Gasteiger partial charge in [-0.25, -0.2) is 8.78 Å². The van der Waals surface area contributed by atoms with Crippen LogP contribution in [0.3, 0.4) is 0 Å². The fraction of sp³-hybridized carbons (Fsp3) is 0.462. The van der Waals surface area contributed by atoms with Crippen molar-refractivity contribution in [2.24, 2.45) is 0 Å². The number of carbonyl (C=O) groups excluding carboxylic acids is 1. The van der Waals surface area contributed by atoms with Crippen LogP contribution in [0.5, 0.6) is 0 Å². The quantitative estimate of drug-likeness (QED) is 0.890. The minimum Gasteiger partial charge on any atom is -0.336 e. The van der Waals surface area contributed by atoms with Gasteiger partial charge in [-0.05, 0) is 12.5 Å². The van der Waals surface area contributed by atoms with E-state index in [4.69, 9.17) is 0 Å². The Hall–Kier alpha value is -1.49. The van der Waals surface area contributed by atoms with E-state index in [1.54, 1.807) is 4.90 Å². The fourth-order valence-electron chi connectivity index (χ4n) is 2.12. The molecule has 1 heterocycles.